The average Bonchev–Trinajstić information content (AvgIpc) is 2.37. The summed E-state index contributed by atoms with van der Waals surface area (Å²) in [5.74, 6) is -1.91. The Hall–Kier alpha value is -0.590. The summed E-state index contributed by atoms with van der Waals surface area (Å²) in [4.78, 5) is 20.0. The second-order valence-corrected chi connectivity index (χ2v) is 4.39. The van der Waals surface area contributed by atoms with Gasteiger partial charge < -0.3 is 14.9 Å². The summed E-state index contributed by atoms with van der Waals surface area (Å²) >= 11 is 5.01. The Morgan fingerprint density at radius 2 is 1.60 bits per heavy atom. The summed E-state index contributed by atoms with van der Waals surface area (Å²) in [5, 5.41) is 15.6. The number of halogens is 1. The minimum atomic E-state index is -0.975. The van der Waals surface area contributed by atoms with E-state index in [0.717, 1.165) is 5.56 Å². The van der Waals surface area contributed by atoms with Crippen molar-refractivity contribution in [1.82, 2.24) is 0 Å². The monoisotopic (exact) mass is 312 g/mol. The molecule has 0 saturated heterocycles. The molecule has 0 amide bonds. The predicted molar refractivity (Wildman–Crippen MR) is 78.4 cm³/mol. The molecule has 20 heavy (non-hydrogen) atoms. The first-order valence-corrected chi connectivity index (χ1v) is 6.03. The van der Waals surface area contributed by atoms with Crippen LogP contribution in [0.25, 0.3) is 0 Å². The van der Waals surface area contributed by atoms with Gasteiger partial charge in [-0.15, -0.1) is 11.6 Å². The molecule has 0 aliphatic rings. The van der Waals surface area contributed by atoms with Crippen molar-refractivity contribution in [1.29, 1.82) is 0 Å². The van der Waals surface area contributed by atoms with E-state index in [4.69, 9.17) is 26.6 Å². The number of carbonyl (C=O) groups is 2. The summed E-state index contributed by atoms with van der Waals surface area (Å²) in [6.07, 6.45) is -0.750. The van der Waals surface area contributed by atoms with Gasteiger partial charge in [-0.3, -0.25) is 4.79 Å². The van der Waals surface area contributed by atoms with Gasteiger partial charge in [0.1, 0.15) is 5.38 Å². The summed E-state index contributed by atoms with van der Waals surface area (Å²) in [6.45, 7) is 3.27. The van der Waals surface area contributed by atoms with E-state index < -0.39 is 23.4 Å². The van der Waals surface area contributed by atoms with E-state index in [1.54, 1.807) is 0 Å². The van der Waals surface area contributed by atoms with E-state index >= 15 is 0 Å². The van der Waals surface area contributed by atoms with E-state index in [2.05, 4.69) is 0 Å². The Bertz CT molecular complexity index is 397. The molecule has 108 valence electrons. The molecule has 5 nitrogen and oxygen atoms in total. The Morgan fingerprint density at radius 1 is 1.15 bits per heavy atom. The van der Waals surface area contributed by atoms with Gasteiger partial charge in [-0.1, -0.05) is 30.3 Å². The SMILES string of the molecule is CC(Cl)C(=O)O.CC(OCc1ccccc1)C(=O)O.[NaH]. The van der Waals surface area contributed by atoms with Gasteiger partial charge in [0.05, 0.1) is 6.61 Å². The van der Waals surface area contributed by atoms with Gasteiger partial charge >= 0.3 is 41.5 Å². The van der Waals surface area contributed by atoms with Gasteiger partial charge in [0.25, 0.3) is 0 Å². The second kappa shape index (κ2) is 12.2. The number of alkyl halides is 1. The molecule has 7 heteroatoms. The van der Waals surface area contributed by atoms with Gasteiger partial charge in [-0.05, 0) is 19.4 Å². The molecule has 2 N–H and O–H groups in total. The van der Waals surface area contributed by atoms with Gasteiger partial charge in [-0.25, -0.2) is 4.79 Å². The Morgan fingerprint density at radius 3 is 1.95 bits per heavy atom. The average molecular weight is 313 g/mol. The standard InChI is InChI=1S/C10H12O3.C3H5ClO2.Na.H/c1-8(10(11)12)13-7-9-5-3-2-4-6-9;1-2(4)3(5)6;;/h2-6,8H,7H2,1H3,(H,11,12);2H,1H3,(H,5,6);;. The molecule has 0 spiro atoms. The number of aliphatic carboxylic acids is 2. The number of rotatable bonds is 5. The van der Waals surface area contributed by atoms with Gasteiger partial charge in [0.2, 0.25) is 0 Å². The zero-order chi connectivity index (χ0) is 14.8. The quantitative estimate of drug-likeness (QED) is 0.639. The summed E-state index contributed by atoms with van der Waals surface area (Å²) in [6, 6.07) is 9.49. The van der Waals surface area contributed by atoms with Crippen molar-refractivity contribution < 1.29 is 24.5 Å². The van der Waals surface area contributed by atoms with Crippen LogP contribution in [0.1, 0.15) is 19.4 Å². The summed E-state index contributed by atoms with van der Waals surface area (Å²) < 4.78 is 5.09. The first kappa shape index (κ1) is 21.7. The van der Waals surface area contributed by atoms with Gasteiger partial charge in [-0.2, -0.15) is 0 Å². The Kier molecular flexibility index (Phi) is 13.2. The molecule has 1 aromatic rings. The second-order valence-electron chi connectivity index (χ2n) is 3.73. The predicted octanol–water partition coefficient (Wildman–Crippen LogP) is 1.73. The molecule has 2 unspecified atom stereocenters. The van der Waals surface area contributed by atoms with Crippen LogP contribution in [0.2, 0.25) is 0 Å². The van der Waals surface area contributed by atoms with Crippen LogP contribution in [-0.4, -0.2) is 63.2 Å². The molecule has 1 aromatic carbocycles. The molecule has 0 bridgehead atoms. The third-order valence-corrected chi connectivity index (χ3v) is 2.22. The van der Waals surface area contributed by atoms with Gasteiger partial charge in [0, 0.05) is 0 Å². The third-order valence-electron chi connectivity index (χ3n) is 2.03. The van der Waals surface area contributed by atoms with Crippen LogP contribution in [-0.2, 0) is 20.9 Å². The molecule has 2 atom stereocenters. The molecular weight excluding hydrogens is 295 g/mol. The Labute approximate surface area is 145 Å². The number of hydrogen-bond donors (Lipinski definition) is 2. The molecule has 0 saturated carbocycles. The van der Waals surface area contributed by atoms with Gasteiger partial charge in [0.15, 0.2) is 6.10 Å². The van der Waals surface area contributed by atoms with Crippen molar-refractivity contribution in [2.75, 3.05) is 0 Å². The van der Waals surface area contributed by atoms with Crippen molar-refractivity contribution in [3.63, 3.8) is 0 Å². The minimum absolute atomic E-state index is 0. The van der Waals surface area contributed by atoms with E-state index in [9.17, 15) is 9.59 Å². The molecule has 0 aromatic heterocycles. The van der Waals surface area contributed by atoms with Crippen LogP contribution < -0.4 is 0 Å². The molecule has 0 fully saturated rings. The number of hydrogen-bond acceptors (Lipinski definition) is 3. The maximum atomic E-state index is 10.4. The maximum absolute atomic E-state index is 10.4. The Balaban J connectivity index is 0. The van der Waals surface area contributed by atoms with E-state index in [-0.39, 0.29) is 29.6 Å². The van der Waals surface area contributed by atoms with Crippen LogP contribution in [0.3, 0.4) is 0 Å². The zero-order valence-corrected chi connectivity index (χ0v) is 11.5. The molecule has 0 heterocycles. The molecule has 0 radical (unpaired) electrons. The fraction of sp³-hybridized carbons (Fsp3) is 0.385. The number of benzene rings is 1. The van der Waals surface area contributed by atoms with Crippen molar-refractivity contribution in [2.24, 2.45) is 0 Å². The van der Waals surface area contributed by atoms with Crippen LogP contribution in [0.5, 0.6) is 0 Å². The number of ether oxygens (including phenoxy) is 1. The molecular formula is C13H18ClNaO5. The third kappa shape index (κ3) is 11.3. The van der Waals surface area contributed by atoms with Crippen molar-refractivity contribution in [2.45, 2.75) is 31.9 Å². The van der Waals surface area contributed by atoms with Crippen molar-refractivity contribution in [3.05, 3.63) is 35.9 Å². The normalized spacial score (nSPS) is 12.2. The van der Waals surface area contributed by atoms with Crippen molar-refractivity contribution >= 4 is 53.1 Å². The first-order valence-electron chi connectivity index (χ1n) is 5.59. The van der Waals surface area contributed by atoms with Crippen LogP contribution in [0.4, 0.5) is 0 Å². The van der Waals surface area contributed by atoms with Crippen LogP contribution >= 0.6 is 11.6 Å². The number of carboxylic acid groups (broad SMARTS) is 2. The fourth-order valence-corrected chi connectivity index (χ4v) is 0.867. The summed E-state index contributed by atoms with van der Waals surface area (Å²) in [7, 11) is 0. The van der Waals surface area contributed by atoms with E-state index in [1.807, 2.05) is 30.3 Å². The molecule has 0 aliphatic heterocycles. The molecule has 1 rings (SSSR count). The van der Waals surface area contributed by atoms with Crippen LogP contribution in [0.15, 0.2) is 30.3 Å². The number of carboxylic acids is 2. The van der Waals surface area contributed by atoms with E-state index in [0.29, 0.717) is 6.61 Å². The molecule has 0 aliphatic carbocycles. The van der Waals surface area contributed by atoms with Crippen molar-refractivity contribution in [3.8, 4) is 0 Å². The zero-order valence-electron chi connectivity index (χ0n) is 10.7. The van der Waals surface area contributed by atoms with E-state index in [1.165, 1.54) is 13.8 Å². The van der Waals surface area contributed by atoms with Crippen LogP contribution in [0, 0.1) is 0 Å². The fourth-order valence-electron chi connectivity index (χ4n) is 0.867. The first-order chi connectivity index (χ1) is 8.84. The topological polar surface area (TPSA) is 83.8 Å². The summed E-state index contributed by atoms with van der Waals surface area (Å²) in [5.41, 5.74) is 0.982.